The summed E-state index contributed by atoms with van der Waals surface area (Å²) in [6.45, 7) is 0.432. The second kappa shape index (κ2) is 3.13. The number of nitrogens with one attached hydrogen (secondary N) is 1. The Bertz CT molecular complexity index is 174. The number of nitroso groups, excluding NO2 is 1. The molecule has 4 nitrogen and oxygen atoms in total. The molecule has 0 atom stereocenters. The first kappa shape index (κ1) is 6.15. The lowest BCUT2D eigenvalue weighted by Gasteiger charge is -1.87. The zero-order valence-corrected chi connectivity index (χ0v) is 5.39. The summed E-state index contributed by atoms with van der Waals surface area (Å²) >= 11 is 1.49. The molecule has 0 bridgehead atoms. The Labute approximate surface area is 55.9 Å². The van der Waals surface area contributed by atoms with Crippen LogP contribution in [0.25, 0.3) is 0 Å². The van der Waals surface area contributed by atoms with Gasteiger partial charge in [0.05, 0.1) is 6.54 Å². The summed E-state index contributed by atoms with van der Waals surface area (Å²) in [5.74, 6) is 0. The van der Waals surface area contributed by atoms with Gasteiger partial charge in [0.1, 0.15) is 5.01 Å². The minimum Gasteiger partial charge on any atom is -0.267 e. The fourth-order valence-electron chi connectivity index (χ4n) is 0.440. The molecule has 0 aliphatic heterocycles. The second-order valence-corrected chi connectivity index (χ2v) is 2.33. The Hall–Kier alpha value is -0.970. The first-order valence-corrected chi connectivity index (χ1v) is 3.25. The fraction of sp³-hybridized carbons (Fsp3) is 0.250. The van der Waals surface area contributed by atoms with Crippen LogP contribution >= 0.6 is 11.3 Å². The van der Waals surface area contributed by atoms with Crippen LogP contribution in [0.1, 0.15) is 5.01 Å². The third kappa shape index (κ3) is 1.77. The molecule has 0 spiro atoms. The van der Waals surface area contributed by atoms with Gasteiger partial charge in [-0.2, -0.15) is 0 Å². The van der Waals surface area contributed by atoms with Gasteiger partial charge in [0.15, 0.2) is 0 Å². The van der Waals surface area contributed by atoms with Gasteiger partial charge in [-0.1, -0.05) is 0 Å². The first-order valence-electron chi connectivity index (χ1n) is 2.37. The average molecular weight is 143 g/mol. The Balaban J connectivity index is 2.38. The summed E-state index contributed by atoms with van der Waals surface area (Å²) in [5, 5.41) is 5.20. The highest BCUT2D eigenvalue weighted by molar-refractivity contribution is 7.09. The van der Waals surface area contributed by atoms with Crippen LogP contribution in [-0.2, 0) is 6.54 Å². The van der Waals surface area contributed by atoms with Crippen molar-refractivity contribution in [2.24, 2.45) is 5.29 Å². The molecule has 1 aromatic rings. The molecule has 0 saturated carbocycles. The molecule has 1 rings (SSSR count). The molecule has 0 aliphatic rings. The Morgan fingerprint density at radius 3 is 3.33 bits per heavy atom. The molecule has 1 N–H and O–H groups in total. The Morgan fingerprint density at radius 2 is 2.78 bits per heavy atom. The van der Waals surface area contributed by atoms with Gasteiger partial charge in [-0.3, -0.25) is 5.43 Å². The SMILES string of the molecule is O=NNCc1nccs1. The van der Waals surface area contributed by atoms with Gasteiger partial charge in [-0.05, 0) is 0 Å². The van der Waals surface area contributed by atoms with Crippen LogP contribution < -0.4 is 5.43 Å². The molecule has 0 radical (unpaired) electrons. The normalized spacial score (nSPS) is 8.89. The quantitative estimate of drug-likeness (QED) is 0.505. The molecule has 0 amide bonds. The van der Waals surface area contributed by atoms with E-state index in [9.17, 15) is 4.91 Å². The molecule has 9 heavy (non-hydrogen) atoms. The summed E-state index contributed by atoms with van der Waals surface area (Å²) in [5.41, 5.74) is 2.27. The topological polar surface area (TPSA) is 54.4 Å². The summed E-state index contributed by atoms with van der Waals surface area (Å²) < 4.78 is 0. The number of rotatable bonds is 3. The molecule has 0 saturated heterocycles. The van der Waals surface area contributed by atoms with Crippen molar-refractivity contribution in [1.29, 1.82) is 0 Å². The van der Waals surface area contributed by atoms with Crippen LogP contribution in [0.4, 0.5) is 0 Å². The van der Waals surface area contributed by atoms with E-state index in [0.29, 0.717) is 6.54 Å². The van der Waals surface area contributed by atoms with E-state index in [2.05, 4.69) is 15.7 Å². The predicted octanol–water partition coefficient (Wildman–Crippen LogP) is 0.914. The zero-order chi connectivity index (χ0) is 6.53. The van der Waals surface area contributed by atoms with Crippen LogP contribution in [0.15, 0.2) is 16.9 Å². The summed E-state index contributed by atoms with van der Waals surface area (Å²) in [6, 6.07) is 0. The van der Waals surface area contributed by atoms with E-state index in [1.54, 1.807) is 6.20 Å². The number of hydrogen-bond acceptors (Lipinski definition) is 4. The fourth-order valence-corrected chi connectivity index (χ4v) is 0.989. The maximum Gasteiger partial charge on any atom is 0.113 e. The lowest BCUT2D eigenvalue weighted by Crippen LogP contribution is -2.02. The molecule has 5 heteroatoms. The molecule has 0 aliphatic carbocycles. The van der Waals surface area contributed by atoms with Gasteiger partial charge in [0.25, 0.3) is 0 Å². The minimum absolute atomic E-state index is 0.432. The molecule has 0 aromatic carbocycles. The van der Waals surface area contributed by atoms with E-state index < -0.39 is 0 Å². The number of nitrogens with zero attached hydrogens (tertiary/aromatic N) is 2. The number of hydrogen-bond donors (Lipinski definition) is 1. The van der Waals surface area contributed by atoms with Gasteiger partial charge >= 0.3 is 0 Å². The first-order chi connectivity index (χ1) is 4.43. The van der Waals surface area contributed by atoms with E-state index in [0.717, 1.165) is 5.01 Å². The number of thiazole rings is 1. The molecule has 0 fully saturated rings. The highest BCUT2D eigenvalue weighted by Crippen LogP contribution is 2.01. The van der Waals surface area contributed by atoms with Crippen LogP contribution in [0.3, 0.4) is 0 Å². The van der Waals surface area contributed by atoms with E-state index in [1.807, 2.05) is 5.38 Å². The van der Waals surface area contributed by atoms with Crippen LogP contribution in [0.2, 0.25) is 0 Å². The highest BCUT2D eigenvalue weighted by atomic mass is 32.1. The van der Waals surface area contributed by atoms with Crippen molar-refractivity contribution in [2.45, 2.75) is 6.54 Å². The average Bonchev–Trinajstić information content (AvgIpc) is 2.34. The van der Waals surface area contributed by atoms with Gasteiger partial charge < -0.3 is 0 Å². The van der Waals surface area contributed by atoms with Crippen molar-refractivity contribution >= 4 is 11.3 Å². The third-order valence-electron chi connectivity index (χ3n) is 0.778. The van der Waals surface area contributed by atoms with E-state index in [-0.39, 0.29) is 0 Å². The molecular formula is C4H5N3OS. The van der Waals surface area contributed by atoms with Gasteiger partial charge in [0.2, 0.25) is 0 Å². The van der Waals surface area contributed by atoms with Gasteiger partial charge in [0, 0.05) is 16.9 Å². The summed E-state index contributed by atoms with van der Waals surface area (Å²) in [4.78, 5) is 13.4. The van der Waals surface area contributed by atoms with E-state index in [1.165, 1.54) is 11.3 Å². The lowest BCUT2D eigenvalue weighted by molar-refractivity contribution is 0.732. The van der Waals surface area contributed by atoms with Crippen molar-refractivity contribution in [1.82, 2.24) is 10.4 Å². The van der Waals surface area contributed by atoms with E-state index in [4.69, 9.17) is 0 Å². The Morgan fingerprint density at radius 1 is 1.89 bits per heavy atom. The molecule has 1 aromatic heterocycles. The predicted molar refractivity (Wildman–Crippen MR) is 34.7 cm³/mol. The Kier molecular flexibility index (Phi) is 2.14. The van der Waals surface area contributed by atoms with Crippen LogP contribution in [0, 0.1) is 4.91 Å². The largest absolute Gasteiger partial charge is 0.267 e. The summed E-state index contributed by atoms with van der Waals surface area (Å²) in [7, 11) is 0. The molecule has 0 unspecified atom stereocenters. The third-order valence-corrected chi connectivity index (χ3v) is 1.56. The lowest BCUT2D eigenvalue weighted by atomic mass is 10.7. The molecule has 1 heterocycles. The molecule has 48 valence electrons. The van der Waals surface area contributed by atoms with Gasteiger partial charge in [-0.15, -0.1) is 16.2 Å². The standard InChI is InChI=1S/C4H5N3OS/c8-7-6-3-4-5-1-2-9-4/h1-2H,3H2,(H,6,8). The smallest absolute Gasteiger partial charge is 0.113 e. The molecular weight excluding hydrogens is 138 g/mol. The van der Waals surface area contributed by atoms with Crippen LogP contribution in [0.5, 0.6) is 0 Å². The van der Waals surface area contributed by atoms with Crippen molar-refractivity contribution in [2.75, 3.05) is 0 Å². The van der Waals surface area contributed by atoms with Gasteiger partial charge in [-0.25, -0.2) is 4.98 Å². The second-order valence-electron chi connectivity index (χ2n) is 1.35. The van der Waals surface area contributed by atoms with E-state index >= 15 is 0 Å². The zero-order valence-electron chi connectivity index (χ0n) is 4.57. The maximum atomic E-state index is 9.52. The maximum absolute atomic E-state index is 9.52. The highest BCUT2D eigenvalue weighted by Gasteiger charge is 1.90. The van der Waals surface area contributed by atoms with Crippen molar-refractivity contribution in [3.05, 3.63) is 21.5 Å². The van der Waals surface area contributed by atoms with Crippen molar-refractivity contribution in [3.63, 3.8) is 0 Å². The van der Waals surface area contributed by atoms with Crippen molar-refractivity contribution < 1.29 is 0 Å². The minimum atomic E-state index is 0.432. The van der Waals surface area contributed by atoms with Crippen molar-refractivity contribution in [3.8, 4) is 0 Å². The van der Waals surface area contributed by atoms with Crippen LogP contribution in [-0.4, -0.2) is 4.98 Å². The monoisotopic (exact) mass is 143 g/mol. The number of aromatic nitrogens is 1. The summed E-state index contributed by atoms with van der Waals surface area (Å²) in [6.07, 6.45) is 1.69.